The van der Waals surface area contributed by atoms with Crippen LogP contribution in [0.4, 0.5) is 29.7 Å². The van der Waals surface area contributed by atoms with Crippen LogP contribution in [0.15, 0.2) is 77.1 Å². The van der Waals surface area contributed by atoms with Gasteiger partial charge in [0, 0.05) is 28.9 Å². The van der Waals surface area contributed by atoms with Gasteiger partial charge in [0.25, 0.3) is 10.0 Å². The van der Waals surface area contributed by atoms with E-state index in [2.05, 4.69) is 4.98 Å². The molecule has 1 aromatic heterocycles. The topological polar surface area (TPSA) is 112 Å². The van der Waals surface area contributed by atoms with Gasteiger partial charge in [0.2, 0.25) is 0 Å². The van der Waals surface area contributed by atoms with Gasteiger partial charge in [-0.15, -0.1) is 11.3 Å². The van der Waals surface area contributed by atoms with Crippen LogP contribution in [0.2, 0.25) is 0 Å². The second-order valence-corrected chi connectivity index (χ2v) is 12.0. The third kappa shape index (κ3) is 5.88. The van der Waals surface area contributed by atoms with Crippen LogP contribution in [0.25, 0.3) is 0 Å². The third-order valence-corrected chi connectivity index (χ3v) is 9.32. The quantitative estimate of drug-likeness (QED) is 0.265. The van der Waals surface area contributed by atoms with Crippen molar-refractivity contribution in [3.05, 3.63) is 88.9 Å². The molecule has 222 valence electrons. The van der Waals surface area contributed by atoms with E-state index in [0.717, 1.165) is 23.5 Å². The Morgan fingerprint density at radius 3 is 2.50 bits per heavy atom. The van der Waals surface area contributed by atoms with E-state index in [-0.39, 0.29) is 46.7 Å². The molecule has 0 fully saturated rings. The van der Waals surface area contributed by atoms with E-state index in [4.69, 9.17) is 9.47 Å². The van der Waals surface area contributed by atoms with Crippen LogP contribution in [-0.2, 0) is 22.7 Å². The first-order valence-electron chi connectivity index (χ1n) is 12.6. The summed E-state index contributed by atoms with van der Waals surface area (Å²) in [4.78, 5) is 5.76. The number of aliphatic hydroxyl groups excluding tert-OH is 2. The molecule has 0 bridgehead atoms. The van der Waals surface area contributed by atoms with Gasteiger partial charge in [-0.25, -0.2) is 17.7 Å². The van der Waals surface area contributed by atoms with E-state index in [0.29, 0.717) is 17.0 Å². The van der Waals surface area contributed by atoms with Crippen molar-refractivity contribution in [2.75, 3.05) is 36.1 Å². The largest absolute Gasteiger partial charge is 0.497 e. The fourth-order valence-corrected chi connectivity index (χ4v) is 6.86. The molecule has 3 aromatic carbocycles. The first kappa shape index (κ1) is 29.6. The Hall–Kier alpha value is -3.85. The molecule has 2 N–H and O–H groups in total. The number of ether oxygens (including phenoxy) is 2. The SMILES string of the molecule is COc1ccc(CN(c2nccs2)S(=O)(=O)c2ccc3c(c2)OCCN3c2ccc(C(F)(F)F)cc2C(O)CO)cc1. The predicted molar refractivity (Wildman–Crippen MR) is 151 cm³/mol. The highest BCUT2D eigenvalue weighted by atomic mass is 32.2. The molecule has 2 heterocycles. The van der Waals surface area contributed by atoms with Crippen LogP contribution in [0.1, 0.15) is 22.8 Å². The maximum absolute atomic E-state index is 13.9. The molecule has 0 saturated carbocycles. The molecule has 1 aliphatic rings. The molecule has 0 spiro atoms. The lowest BCUT2D eigenvalue weighted by Crippen LogP contribution is -2.32. The average molecular weight is 622 g/mol. The summed E-state index contributed by atoms with van der Waals surface area (Å²) in [6, 6.07) is 14.1. The molecule has 1 aliphatic heterocycles. The van der Waals surface area contributed by atoms with Gasteiger partial charge in [-0.2, -0.15) is 13.2 Å². The van der Waals surface area contributed by atoms with Gasteiger partial charge in [0.05, 0.1) is 43.0 Å². The van der Waals surface area contributed by atoms with Crippen molar-refractivity contribution in [1.82, 2.24) is 4.98 Å². The first-order valence-corrected chi connectivity index (χ1v) is 14.9. The number of halogens is 3. The summed E-state index contributed by atoms with van der Waals surface area (Å²) in [6.07, 6.45) is -4.71. The summed E-state index contributed by atoms with van der Waals surface area (Å²) in [5.74, 6) is 0.816. The normalized spacial score (nSPS) is 14.2. The van der Waals surface area contributed by atoms with Crippen molar-refractivity contribution in [1.29, 1.82) is 0 Å². The summed E-state index contributed by atoms with van der Waals surface area (Å²) < 4.78 is 80.2. The monoisotopic (exact) mass is 621 g/mol. The number of benzene rings is 3. The van der Waals surface area contributed by atoms with Crippen molar-refractivity contribution in [2.24, 2.45) is 0 Å². The van der Waals surface area contributed by atoms with Crippen LogP contribution < -0.4 is 18.7 Å². The molecule has 0 aliphatic carbocycles. The number of hydrogen-bond donors (Lipinski definition) is 2. The number of aromatic nitrogens is 1. The number of fused-ring (bicyclic) bond motifs is 1. The third-order valence-electron chi connectivity index (χ3n) is 6.68. The van der Waals surface area contributed by atoms with Crippen LogP contribution in [0, 0.1) is 0 Å². The Labute approximate surface area is 244 Å². The minimum atomic E-state index is -4.65. The molecule has 5 rings (SSSR count). The number of anilines is 3. The van der Waals surface area contributed by atoms with E-state index in [1.54, 1.807) is 34.5 Å². The summed E-state index contributed by atoms with van der Waals surface area (Å²) in [5.41, 5.74) is 0.234. The number of methoxy groups -OCH3 is 1. The van der Waals surface area contributed by atoms with E-state index < -0.39 is 34.5 Å². The zero-order valence-electron chi connectivity index (χ0n) is 22.2. The minimum Gasteiger partial charge on any atom is -0.497 e. The molecular weight excluding hydrogens is 595 g/mol. The molecule has 14 heteroatoms. The lowest BCUT2D eigenvalue weighted by atomic mass is 10.0. The highest BCUT2D eigenvalue weighted by Gasteiger charge is 2.34. The van der Waals surface area contributed by atoms with Crippen molar-refractivity contribution in [3.63, 3.8) is 0 Å². The van der Waals surface area contributed by atoms with Gasteiger partial charge in [0.1, 0.15) is 24.2 Å². The Bertz CT molecular complexity index is 1650. The van der Waals surface area contributed by atoms with Crippen molar-refractivity contribution < 1.29 is 41.3 Å². The van der Waals surface area contributed by atoms with E-state index >= 15 is 0 Å². The number of sulfonamides is 1. The summed E-state index contributed by atoms with van der Waals surface area (Å²) in [7, 11) is -2.61. The van der Waals surface area contributed by atoms with Crippen molar-refractivity contribution >= 4 is 37.9 Å². The molecule has 0 radical (unpaired) electrons. The second kappa shape index (κ2) is 11.8. The highest BCUT2D eigenvalue weighted by Crippen LogP contribution is 2.43. The number of thiazole rings is 1. The van der Waals surface area contributed by atoms with Crippen molar-refractivity contribution in [3.8, 4) is 11.5 Å². The lowest BCUT2D eigenvalue weighted by Gasteiger charge is -2.34. The lowest BCUT2D eigenvalue weighted by molar-refractivity contribution is -0.137. The van der Waals surface area contributed by atoms with Gasteiger partial charge in [-0.1, -0.05) is 12.1 Å². The molecular formula is C28H26F3N3O6S2. The molecule has 1 unspecified atom stereocenters. The summed E-state index contributed by atoms with van der Waals surface area (Å²) in [5, 5.41) is 21.8. The van der Waals surface area contributed by atoms with Crippen LogP contribution in [0.5, 0.6) is 11.5 Å². The van der Waals surface area contributed by atoms with E-state index in [9.17, 15) is 31.8 Å². The highest BCUT2D eigenvalue weighted by molar-refractivity contribution is 7.93. The summed E-state index contributed by atoms with van der Waals surface area (Å²) >= 11 is 1.16. The van der Waals surface area contributed by atoms with Crippen molar-refractivity contribution in [2.45, 2.75) is 23.7 Å². The second-order valence-electron chi connectivity index (χ2n) is 9.27. The number of aliphatic hydroxyl groups is 2. The number of hydrogen-bond acceptors (Lipinski definition) is 9. The maximum atomic E-state index is 13.9. The maximum Gasteiger partial charge on any atom is 0.416 e. The van der Waals surface area contributed by atoms with E-state index in [1.165, 1.54) is 41.9 Å². The zero-order valence-corrected chi connectivity index (χ0v) is 23.8. The Morgan fingerprint density at radius 2 is 1.86 bits per heavy atom. The average Bonchev–Trinajstić information content (AvgIpc) is 3.53. The molecule has 1 atom stereocenters. The van der Waals surface area contributed by atoms with Gasteiger partial charge < -0.3 is 24.6 Å². The molecule has 0 amide bonds. The van der Waals surface area contributed by atoms with Gasteiger partial charge >= 0.3 is 6.18 Å². The number of alkyl halides is 3. The van der Waals surface area contributed by atoms with Gasteiger partial charge in [-0.05, 0) is 48.0 Å². The zero-order chi connectivity index (χ0) is 30.1. The first-order chi connectivity index (χ1) is 20.0. The Morgan fingerprint density at radius 1 is 1.12 bits per heavy atom. The molecule has 4 aromatic rings. The Balaban J connectivity index is 1.52. The smallest absolute Gasteiger partial charge is 0.416 e. The predicted octanol–water partition coefficient (Wildman–Crippen LogP) is 5.12. The summed E-state index contributed by atoms with van der Waals surface area (Å²) in [6.45, 7) is -0.492. The number of rotatable bonds is 9. The molecule has 9 nitrogen and oxygen atoms in total. The molecule has 0 saturated heterocycles. The minimum absolute atomic E-state index is 0.00211. The fraction of sp³-hybridized carbons (Fsp3) is 0.250. The van der Waals surface area contributed by atoms with Gasteiger partial charge in [-0.3, -0.25) is 0 Å². The fourth-order valence-electron chi connectivity index (χ4n) is 4.57. The Kier molecular flexibility index (Phi) is 8.32. The standard InChI is InChI=1S/C28H26F3N3O6S2/c1-39-20-5-2-18(3-6-20)16-34(27-32-10-13-41-27)42(37,38)21-7-9-24-26(15-21)40-12-11-33(24)23-8-4-19(28(29,30)31)14-22(23)25(36)17-35/h2-10,13-15,25,35-36H,11-12,16-17H2,1H3. The van der Waals surface area contributed by atoms with E-state index in [1.807, 2.05) is 0 Å². The number of nitrogens with zero attached hydrogens (tertiary/aromatic N) is 3. The van der Waals surface area contributed by atoms with Crippen LogP contribution >= 0.6 is 11.3 Å². The van der Waals surface area contributed by atoms with Crippen LogP contribution in [-0.4, -0.2) is 50.5 Å². The van der Waals surface area contributed by atoms with Crippen LogP contribution in [0.3, 0.4) is 0 Å². The van der Waals surface area contributed by atoms with Gasteiger partial charge in [0.15, 0.2) is 5.13 Å². The molecule has 42 heavy (non-hydrogen) atoms.